The normalized spacial score (nSPS) is 14.6. The molecule has 0 unspecified atom stereocenters. The van der Waals surface area contributed by atoms with Crippen molar-refractivity contribution in [2.24, 2.45) is 4.99 Å². The Morgan fingerprint density at radius 3 is 3.05 bits per heavy atom. The maximum atomic E-state index is 5.75. The second-order valence-electron chi connectivity index (χ2n) is 4.47. The lowest BCUT2D eigenvalue weighted by Crippen LogP contribution is -2.32. The van der Waals surface area contributed by atoms with E-state index < -0.39 is 0 Å². The van der Waals surface area contributed by atoms with Crippen LogP contribution in [-0.4, -0.2) is 43.1 Å². The van der Waals surface area contributed by atoms with Crippen LogP contribution < -0.4 is 10.0 Å². The lowest BCUT2D eigenvalue weighted by Gasteiger charge is -2.06. The SMILES string of the molecule is CN(C)Cc1ccc(CSCCNC2=NCSN2)o1. The maximum Gasteiger partial charge on any atom is 0.202 e. The van der Waals surface area contributed by atoms with Gasteiger partial charge in [0.15, 0.2) is 0 Å². The molecular weight excluding hydrogens is 280 g/mol. The molecule has 1 aromatic rings. The molecule has 0 aliphatic carbocycles. The van der Waals surface area contributed by atoms with Gasteiger partial charge >= 0.3 is 0 Å². The fourth-order valence-corrected chi connectivity index (χ4v) is 2.91. The van der Waals surface area contributed by atoms with Gasteiger partial charge in [-0.1, -0.05) is 0 Å². The Morgan fingerprint density at radius 1 is 1.47 bits per heavy atom. The summed E-state index contributed by atoms with van der Waals surface area (Å²) in [5, 5.41) is 3.26. The molecule has 1 aromatic heterocycles. The van der Waals surface area contributed by atoms with E-state index in [-0.39, 0.29) is 0 Å². The molecule has 0 aromatic carbocycles. The van der Waals surface area contributed by atoms with Crippen molar-refractivity contribution in [3.05, 3.63) is 23.7 Å². The first-order valence-corrected chi connectivity index (χ1v) is 8.34. The number of guanidine groups is 1. The highest BCUT2D eigenvalue weighted by atomic mass is 32.2. The van der Waals surface area contributed by atoms with E-state index in [9.17, 15) is 0 Å². The zero-order valence-corrected chi connectivity index (χ0v) is 12.9. The van der Waals surface area contributed by atoms with Crippen molar-refractivity contribution in [1.29, 1.82) is 0 Å². The van der Waals surface area contributed by atoms with Crippen molar-refractivity contribution in [3.8, 4) is 0 Å². The smallest absolute Gasteiger partial charge is 0.202 e. The molecule has 0 bridgehead atoms. The van der Waals surface area contributed by atoms with Gasteiger partial charge in [0, 0.05) is 12.3 Å². The van der Waals surface area contributed by atoms with E-state index in [1.807, 2.05) is 25.9 Å². The van der Waals surface area contributed by atoms with Crippen LogP contribution in [0.3, 0.4) is 0 Å². The van der Waals surface area contributed by atoms with Crippen molar-refractivity contribution in [2.45, 2.75) is 12.3 Å². The molecule has 0 fully saturated rings. The topological polar surface area (TPSA) is 52.8 Å². The number of furan rings is 1. The average Bonchev–Trinajstić information content (AvgIpc) is 3.00. The minimum atomic E-state index is 0.802. The first-order valence-electron chi connectivity index (χ1n) is 6.20. The summed E-state index contributed by atoms with van der Waals surface area (Å²) in [4.78, 5) is 6.35. The van der Waals surface area contributed by atoms with Crippen LogP contribution in [0, 0.1) is 0 Å². The molecule has 0 spiro atoms. The molecule has 2 heterocycles. The van der Waals surface area contributed by atoms with Gasteiger partial charge in [-0.25, -0.2) is 4.99 Å². The number of rotatable bonds is 7. The Hall–Kier alpha value is -0.790. The summed E-state index contributed by atoms with van der Waals surface area (Å²) in [6, 6.07) is 4.13. The highest BCUT2D eigenvalue weighted by molar-refractivity contribution is 7.98. The minimum Gasteiger partial charge on any atom is -0.464 e. The van der Waals surface area contributed by atoms with Gasteiger partial charge in [-0.2, -0.15) is 11.8 Å². The third-order valence-corrected chi connectivity index (χ3v) is 4.01. The quantitative estimate of drug-likeness (QED) is 0.591. The molecule has 2 rings (SSSR count). The van der Waals surface area contributed by atoms with Crippen molar-refractivity contribution in [3.63, 3.8) is 0 Å². The standard InChI is InChI=1S/C12H20N4OS2/c1-16(2)7-10-3-4-11(17-10)8-18-6-5-13-12-14-9-19-15-12/h3-4H,5-9H2,1-2H3,(H2,13,14,15). The Labute approximate surface area is 122 Å². The van der Waals surface area contributed by atoms with Crippen molar-refractivity contribution in [1.82, 2.24) is 14.9 Å². The van der Waals surface area contributed by atoms with Crippen molar-refractivity contribution in [2.75, 3.05) is 32.3 Å². The molecule has 7 heteroatoms. The van der Waals surface area contributed by atoms with E-state index in [0.29, 0.717) is 0 Å². The number of nitrogens with one attached hydrogen (secondary N) is 2. The van der Waals surface area contributed by atoms with Crippen LogP contribution in [-0.2, 0) is 12.3 Å². The van der Waals surface area contributed by atoms with E-state index in [2.05, 4.69) is 32.1 Å². The van der Waals surface area contributed by atoms with Gasteiger partial charge in [0.25, 0.3) is 0 Å². The third-order valence-electron chi connectivity index (χ3n) is 2.43. The third kappa shape index (κ3) is 5.38. The zero-order valence-electron chi connectivity index (χ0n) is 11.3. The number of nitrogens with zero attached hydrogens (tertiary/aromatic N) is 2. The number of hydrogen-bond donors (Lipinski definition) is 2. The molecule has 1 aliphatic heterocycles. The molecule has 5 nitrogen and oxygen atoms in total. The lowest BCUT2D eigenvalue weighted by atomic mass is 10.4. The van der Waals surface area contributed by atoms with Crippen LogP contribution in [0.1, 0.15) is 11.5 Å². The molecule has 19 heavy (non-hydrogen) atoms. The minimum absolute atomic E-state index is 0.802. The van der Waals surface area contributed by atoms with Crippen molar-refractivity contribution >= 4 is 29.7 Å². The van der Waals surface area contributed by atoms with E-state index in [4.69, 9.17) is 4.42 Å². The van der Waals surface area contributed by atoms with E-state index in [0.717, 1.165) is 48.0 Å². The summed E-state index contributed by atoms with van der Waals surface area (Å²) in [5.41, 5.74) is 0. The first-order chi connectivity index (χ1) is 9.24. The molecular formula is C12H20N4OS2. The molecule has 0 amide bonds. The van der Waals surface area contributed by atoms with Crippen LogP contribution in [0.25, 0.3) is 0 Å². The largest absolute Gasteiger partial charge is 0.464 e. The van der Waals surface area contributed by atoms with Gasteiger partial charge in [0.1, 0.15) is 17.4 Å². The average molecular weight is 300 g/mol. The fraction of sp³-hybridized carbons (Fsp3) is 0.583. The molecule has 0 atom stereocenters. The van der Waals surface area contributed by atoms with Gasteiger partial charge in [-0.15, -0.1) is 0 Å². The Balaban J connectivity index is 1.58. The second kappa shape index (κ2) is 7.72. The molecule has 1 aliphatic rings. The summed E-state index contributed by atoms with van der Waals surface area (Å²) >= 11 is 3.47. The van der Waals surface area contributed by atoms with Gasteiger partial charge in [0.05, 0.1) is 12.3 Å². The summed E-state index contributed by atoms with van der Waals surface area (Å²) < 4.78 is 8.86. The predicted molar refractivity (Wildman–Crippen MR) is 83.3 cm³/mol. The molecule has 2 N–H and O–H groups in total. The maximum absolute atomic E-state index is 5.75. The highest BCUT2D eigenvalue weighted by Gasteiger charge is 2.05. The van der Waals surface area contributed by atoms with Crippen LogP contribution >= 0.6 is 23.7 Å². The highest BCUT2D eigenvalue weighted by Crippen LogP contribution is 2.15. The van der Waals surface area contributed by atoms with Gasteiger partial charge in [-0.05, 0) is 38.2 Å². The summed E-state index contributed by atoms with van der Waals surface area (Å²) in [7, 11) is 4.08. The predicted octanol–water partition coefficient (Wildman–Crippen LogP) is 1.73. The molecule has 0 radical (unpaired) electrons. The van der Waals surface area contributed by atoms with Crippen LogP contribution in [0.5, 0.6) is 0 Å². The van der Waals surface area contributed by atoms with Gasteiger partial charge < -0.3 is 14.6 Å². The summed E-state index contributed by atoms with van der Waals surface area (Å²) in [6.07, 6.45) is 0. The van der Waals surface area contributed by atoms with Crippen LogP contribution in [0.4, 0.5) is 0 Å². The van der Waals surface area contributed by atoms with Gasteiger partial charge in [0.2, 0.25) is 5.96 Å². The number of thioether (sulfide) groups is 1. The Kier molecular flexibility index (Phi) is 5.93. The van der Waals surface area contributed by atoms with E-state index in [1.54, 1.807) is 11.9 Å². The Bertz CT molecular complexity index is 420. The Morgan fingerprint density at radius 2 is 2.32 bits per heavy atom. The van der Waals surface area contributed by atoms with Crippen molar-refractivity contribution < 1.29 is 4.42 Å². The van der Waals surface area contributed by atoms with Crippen LogP contribution in [0.2, 0.25) is 0 Å². The van der Waals surface area contributed by atoms with E-state index in [1.165, 1.54) is 0 Å². The molecule has 106 valence electrons. The fourth-order valence-electron chi connectivity index (χ4n) is 1.63. The first kappa shape index (κ1) is 14.6. The number of aliphatic imine (C=N–C) groups is 1. The molecule has 0 saturated heterocycles. The summed E-state index contributed by atoms with van der Waals surface area (Å²) in [5.74, 6) is 5.74. The molecule has 0 saturated carbocycles. The summed E-state index contributed by atoms with van der Waals surface area (Å²) in [6.45, 7) is 1.78. The number of hydrogen-bond acceptors (Lipinski definition) is 7. The zero-order chi connectivity index (χ0) is 13.5. The monoisotopic (exact) mass is 300 g/mol. The van der Waals surface area contributed by atoms with Crippen LogP contribution in [0.15, 0.2) is 21.5 Å². The second-order valence-corrected chi connectivity index (χ2v) is 6.32. The van der Waals surface area contributed by atoms with E-state index >= 15 is 0 Å². The van der Waals surface area contributed by atoms with Gasteiger partial charge in [-0.3, -0.25) is 4.72 Å². The lowest BCUT2D eigenvalue weighted by molar-refractivity contribution is 0.344.